The molecule has 1 aromatic rings. The monoisotopic (exact) mass is 291 g/mol. The molecule has 2 rings (SSSR count). The molecule has 1 saturated carbocycles. The van der Waals surface area contributed by atoms with Crippen molar-refractivity contribution >= 4 is 17.6 Å². The van der Waals surface area contributed by atoms with Crippen molar-refractivity contribution < 1.29 is 19.8 Å². The zero-order chi connectivity index (χ0) is 15.2. The lowest BCUT2D eigenvalue weighted by Gasteiger charge is -2.14. The molecule has 0 spiro atoms. The molecule has 1 amide bonds. The lowest BCUT2D eigenvalue weighted by Crippen LogP contribution is -2.16. The number of rotatable bonds is 4. The summed E-state index contributed by atoms with van der Waals surface area (Å²) in [4.78, 5) is 23.0. The molecular formula is C16H21NO4. The molecule has 0 atom stereocenters. The van der Waals surface area contributed by atoms with E-state index in [1.807, 2.05) is 0 Å². The molecule has 0 bridgehead atoms. The second kappa shape index (κ2) is 7.11. The van der Waals surface area contributed by atoms with Crippen LogP contribution in [0.1, 0.15) is 55.3 Å². The number of aromatic carboxylic acids is 1. The number of aromatic hydroxyl groups is 1. The van der Waals surface area contributed by atoms with Gasteiger partial charge in [-0.05, 0) is 37.0 Å². The van der Waals surface area contributed by atoms with E-state index in [-0.39, 0.29) is 17.2 Å². The lowest BCUT2D eigenvalue weighted by atomic mass is 9.96. The van der Waals surface area contributed by atoms with Crippen LogP contribution in [0.5, 0.6) is 5.75 Å². The SMILES string of the molecule is O=C(CC1CCCCCC1)Nc1ccc(O)c(C(=O)O)c1. The van der Waals surface area contributed by atoms with Crippen LogP contribution >= 0.6 is 0 Å². The van der Waals surface area contributed by atoms with E-state index in [1.54, 1.807) is 0 Å². The summed E-state index contributed by atoms with van der Waals surface area (Å²) in [6.07, 6.45) is 7.51. The quantitative estimate of drug-likeness (QED) is 0.586. The van der Waals surface area contributed by atoms with Gasteiger partial charge in [-0.1, -0.05) is 25.7 Å². The molecular weight excluding hydrogens is 270 g/mol. The van der Waals surface area contributed by atoms with Crippen molar-refractivity contribution in [3.63, 3.8) is 0 Å². The first kappa shape index (κ1) is 15.4. The third kappa shape index (κ3) is 4.48. The highest BCUT2D eigenvalue weighted by Crippen LogP contribution is 2.26. The molecule has 5 nitrogen and oxygen atoms in total. The molecule has 0 heterocycles. The van der Waals surface area contributed by atoms with Crippen molar-refractivity contribution in [2.45, 2.75) is 44.9 Å². The standard InChI is InChI=1S/C16H21NO4/c18-14-8-7-12(10-13(14)16(20)21)17-15(19)9-11-5-3-1-2-4-6-11/h7-8,10-11,18H,1-6,9H2,(H,17,19)(H,20,21). The van der Waals surface area contributed by atoms with E-state index in [1.165, 1.54) is 43.9 Å². The lowest BCUT2D eigenvalue weighted by molar-refractivity contribution is -0.117. The molecule has 1 aliphatic rings. The number of hydrogen-bond acceptors (Lipinski definition) is 3. The number of hydrogen-bond donors (Lipinski definition) is 3. The van der Waals surface area contributed by atoms with Gasteiger partial charge >= 0.3 is 5.97 Å². The van der Waals surface area contributed by atoms with E-state index in [2.05, 4.69) is 5.32 Å². The van der Waals surface area contributed by atoms with Crippen LogP contribution in [0.25, 0.3) is 0 Å². The Hall–Kier alpha value is -2.04. The maximum absolute atomic E-state index is 12.0. The second-order valence-electron chi connectivity index (χ2n) is 5.65. The Balaban J connectivity index is 1.95. The maximum Gasteiger partial charge on any atom is 0.339 e. The number of phenols is 1. The molecule has 0 saturated heterocycles. The molecule has 1 aromatic carbocycles. The van der Waals surface area contributed by atoms with E-state index in [0.717, 1.165) is 12.8 Å². The van der Waals surface area contributed by atoms with Gasteiger partial charge < -0.3 is 15.5 Å². The number of amides is 1. The summed E-state index contributed by atoms with van der Waals surface area (Å²) in [5.41, 5.74) is 0.200. The Kier molecular flexibility index (Phi) is 5.20. The van der Waals surface area contributed by atoms with Crippen LogP contribution in [0.2, 0.25) is 0 Å². The average Bonchev–Trinajstić information content (AvgIpc) is 2.69. The number of nitrogens with one attached hydrogen (secondary N) is 1. The van der Waals surface area contributed by atoms with Crippen molar-refractivity contribution in [3.8, 4) is 5.75 Å². The van der Waals surface area contributed by atoms with E-state index in [0.29, 0.717) is 18.0 Å². The Bertz CT molecular complexity index is 519. The summed E-state index contributed by atoms with van der Waals surface area (Å²) in [6.45, 7) is 0. The highest BCUT2D eigenvalue weighted by atomic mass is 16.4. The molecule has 0 unspecified atom stereocenters. The first-order valence-electron chi connectivity index (χ1n) is 7.42. The largest absolute Gasteiger partial charge is 0.507 e. The van der Waals surface area contributed by atoms with Crippen LogP contribution in [-0.2, 0) is 4.79 Å². The highest BCUT2D eigenvalue weighted by Gasteiger charge is 2.17. The van der Waals surface area contributed by atoms with Crippen molar-refractivity contribution in [2.24, 2.45) is 5.92 Å². The molecule has 0 aliphatic heterocycles. The fourth-order valence-corrected chi connectivity index (χ4v) is 2.83. The van der Waals surface area contributed by atoms with Crippen LogP contribution < -0.4 is 5.32 Å². The third-order valence-corrected chi connectivity index (χ3v) is 3.96. The smallest absolute Gasteiger partial charge is 0.339 e. The van der Waals surface area contributed by atoms with Gasteiger partial charge in [-0.15, -0.1) is 0 Å². The molecule has 0 aromatic heterocycles. The number of carboxylic acid groups (broad SMARTS) is 1. The number of carboxylic acids is 1. The highest BCUT2D eigenvalue weighted by molar-refractivity contribution is 5.95. The summed E-state index contributed by atoms with van der Waals surface area (Å²) in [7, 11) is 0. The average molecular weight is 291 g/mol. The molecule has 5 heteroatoms. The van der Waals surface area contributed by atoms with Gasteiger partial charge in [0.1, 0.15) is 11.3 Å². The topological polar surface area (TPSA) is 86.6 Å². The Morgan fingerprint density at radius 2 is 1.81 bits per heavy atom. The zero-order valence-corrected chi connectivity index (χ0v) is 12.0. The van der Waals surface area contributed by atoms with E-state index < -0.39 is 5.97 Å². The van der Waals surface area contributed by atoms with Crippen LogP contribution in [0.4, 0.5) is 5.69 Å². The van der Waals surface area contributed by atoms with Gasteiger partial charge in [0.2, 0.25) is 5.91 Å². The van der Waals surface area contributed by atoms with Gasteiger partial charge in [-0.2, -0.15) is 0 Å². The number of carbonyl (C=O) groups is 2. The van der Waals surface area contributed by atoms with Crippen LogP contribution in [-0.4, -0.2) is 22.1 Å². The maximum atomic E-state index is 12.0. The Labute approximate surface area is 124 Å². The van der Waals surface area contributed by atoms with E-state index >= 15 is 0 Å². The molecule has 1 aliphatic carbocycles. The molecule has 114 valence electrons. The Morgan fingerprint density at radius 3 is 2.43 bits per heavy atom. The van der Waals surface area contributed by atoms with Crippen LogP contribution in [0.15, 0.2) is 18.2 Å². The van der Waals surface area contributed by atoms with Crippen molar-refractivity contribution in [1.29, 1.82) is 0 Å². The van der Waals surface area contributed by atoms with Gasteiger partial charge in [0.05, 0.1) is 0 Å². The number of anilines is 1. The van der Waals surface area contributed by atoms with Gasteiger partial charge in [0.15, 0.2) is 0 Å². The third-order valence-electron chi connectivity index (χ3n) is 3.96. The summed E-state index contributed by atoms with van der Waals surface area (Å²) in [5.74, 6) is -1.19. The fraction of sp³-hybridized carbons (Fsp3) is 0.500. The molecule has 0 radical (unpaired) electrons. The predicted molar refractivity (Wildman–Crippen MR) is 79.5 cm³/mol. The Morgan fingerprint density at radius 1 is 1.14 bits per heavy atom. The molecule has 3 N–H and O–H groups in total. The second-order valence-corrected chi connectivity index (χ2v) is 5.65. The van der Waals surface area contributed by atoms with E-state index in [4.69, 9.17) is 5.11 Å². The van der Waals surface area contributed by atoms with Gasteiger partial charge in [0, 0.05) is 12.1 Å². The normalized spacial score (nSPS) is 16.2. The van der Waals surface area contributed by atoms with Gasteiger partial charge in [0.25, 0.3) is 0 Å². The first-order chi connectivity index (χ1) is 10.1. The van der Waals surface area contributed by atoms with Gasteiger partial charge in [-0.25, -0.2) is 4.79 Å². The summed E-state index contributed by atoms with van der Waals surface area (Å²) in [5, 5.41) is 21.1. The minimum Gasteiger partial charge on any atom is -0.507 e. The van der Waals surface area contributed by atoms with E-state index in [9.17, 15) is 14.7 Å². The van der Waals surface area contributed by atoms with Crippen LogP contribution in [0, 0.1) is 5.92 Å². The van der Waals surface area contributed by atoms with Crippen molar-refractivity contribution in [3.05, 3.63) is 23.8 Å². The van der Waals surface area contributed by atoms with Gasteiger partial charge in [-0.3, -0.25) is 4.79 Å². The van der Waals surface area contributed by atoms with Crippen molar-refractivity contribution in [1.82, 2.24) is 0 Å². The molecule has 1 fully saturated rings. The number of carbonyl (C=O) groups excluding carboxylic acids is 1. The fourth-order valence-electron chi connectivity index (χ4n) is 2.83. The minimum absolute atomic E-state index is 0.0936. The number of benzene rings is 1. The predicted octanol–water partition coefficient (Wildman–Crippen LogP) is 3.39. The first-order valence-corrected chi connectivity index (χ1v) is 7.42. The minimum atomic E-state index is -1.22. The van der Waals surface area contributed by atoms with Crippen molar-refractivity contribution in [2.75, 3.05) is 5.32 Å². The summed E-state index contributed by atoms with van der Waals surface area (Å²) in [6, 6.07) is 4.07. The zero-order valence-electron chi connectivity index (χ0n) is 12.0. The summed E-state index contributed by atoms with van der Waals surface area (Å²) < 4.78 is 0. The van der Waals surface area contributed by atoms with Crippen LogP contribution in [0.3, 0.4) is 0 Å². The summed E-state index contributed by atoms with van der Waals surface area (Å²) >= 11 is 0. The molecule has 21 heavy (non-hydrogen) atoms.